The Balaban J connectivity index is 1.98. The second kappa shape index (κ2) is 5.16. The van der Waals surface area contributed by atoms with Crippen molar-refractivity contribution in [3.63, 3.8) is 0 Å². The molecule has 0 bridgehead atoms. The minimum absolute atomic E-state index is 0.0400. The molecule has 1 heterocycles. The van der Waals surface area contributed by atoms with E-state index in [1.54, 1.807) is 4.57 Å². The molecule has 6 heteroatoms. The molecule has 0 spiro atoms. The van der Waals surface area contributed by atoms with E-state index in [1.807, 2.05) is 7.05 Å². The normalized spacial score (nSPS) is 23.2. The number of nitrogens with one attached hydrogen (secondary N) is 2. The zero-order chi connectivity index (χ0) is 15.1. The van der Waals surface area contributed by atoms with Crippen molar-refractivity contribution in [3.05, 3.63) is 22.2 Å². The van der Waals surface area contributed by atoms with E-state index in [4.69, 9.17) is 12.2 Å². The number of H-pyrrole nitrogens is 1. The second-order valence-corrected chi connectivity index (χ2v) is 6.68. The van der Waals surface area contributed by atoms with Crippen LogP contribution in [0.4, 0.5) is 0 Å². The van der Waals surface area contributed by atoms with Gasteiger partial charge in [-0.05, 0) is 37.4 Å². The molecule has 1 aliphatic carbocycles. The van der Waals surface area contributed by atoms with Crippen molar-refractivity contribution >= 4 is 18.1 Å². The van der Waals surface area contributed by atoms with Crippen molar-refractivity contribution < 1.29 is 4.79 Å². The SMILES string of the molecule is CC(C)=C[C@@H]1[C@@H](C(=O)NCc2n[nH]c(=S)n2C)C1(C)C. The fourth-order valence-electron chi connectivity index (χ4n) is 2.66. The summed E-state index contributed by atoms with van der Waals surface area (Å²) in [7, 11) is 1.83. The number of amides is 1. The number of rotatable bonds is 4. The Morgan fingerprint density at radius 1 is 1.55 bits per heavy atom. The first-order valence-corrected chi connectivity index (χ1v) is 7.19. The first kappa shape index (κ1) is 15.0. The van der Waals surface area contributed by atoms with Crippen LogP contribution < -0.4 is 5.32 Å². The highest BCUT2D eigenvalue weighted by Gasteiger charge is 2.60. The highest BCUT2D eigenvalue weighted by molar-refractivity contribution is 7.71. The van der Waals surface area contributed by atoms with Gasteiger partial charge in [-0.2, -0.15) is 5.10 Å². The van der Waals surface area contributed by atoms with Gasteiger partial charge >= 0.3 is 0 Å². The molecule has 1 fully saturated rings. The molecule has 2 atom stereocenters. The van der Waals surface area contributed by atoms with Gasteiger partial charge in [0.1, 0.15) is 0 Å². The van der Waals surface area contributed by atoms with Gasteiger partial charge in [-0.25, -0.2) is 0 Å². The summed E-state index contributed by atoms with van der Waals surface area (Å²) in [5.41, 5.74) is 1.30. The van der Waals surface area contributed by atoms with Gasteiger partial charge < -0.3 is 9.88 Å². The molecular weight excluding hydrogens is 272 g/mol. The average molecular weight is 294 g/mol. The van der Waals surface area contributed by atoms with Crippen molar-refractivity contribution in [1.29, 1.82) is 0 Å². The Kier molecular flexibility index (Phi) is 3.86. The molecule has 20 heavy (non-hydrogen) atoms. The minimum atomic E-state index is 0.0400. The summed E-state index contributed by atoms with van der Waals surface area (Å²) in [6, 6.07) is 0. The number of carbonyl (C=O) groups excluding carboxylic acids is 1. The number of carbonyl (C=O) groups is 1. The molecule has 0 saturated heterocycles. The van der Waals surface area contributed by atoms with Crippen molar-refractivity contribution in [2.45, 2.75) is 34.2 Å². The lowest BCUT2D eigenvalue weighted by Gasteiger charge is -2.05. The van der Waals surface area contributed by atoms with Crippen LogP contribution in [-0.2, 0) is 18.4 Å². The fraction of sp³-hybridized carbons (Fsp3) is 0.643. The first-order valence-electron chi connectivity index (χ1n) is 6.78. The molecule has 0 aromatic carbocycles. The Morgan fingerprint density at radius 2 is 2.20 bits per heavy atom. The van der Waals surface area contributed by atoms with Gasteiger partial charge in [0, 0.05) is 7.05 Å². The summed E-state index contributed by atoms with van der Waals surface area (Å²) in [6.07, 6.45) is 2.19. The van der Waals surface area contributed by atoms with Gasteiger partial charge in [0.25, 0.3) is 0 Å². The standard InChI is InChI=1S/C14H22N4OS/c1-8(2)6-9-11(14(9,3)4)12(19)15-7-10-16-17-13(20)18(10)5/h6,9,11H,7H2,1-5H3,(H,15,19)(H,17,20)/t9-,11+/m1/s1. The Labute approximate surface area is 124 Å². The van der Waals surface area contributed by atoms with Crippen LogP contribution in [0.5, 0.6) is 0 Å². The summed E-state index contributed by atoms with van der Waals surface area (Å²) >= 11 is 5.04. The van der Waals surface area contributed by atoms with Crippen LogP contribution >= 0.6 is 12.2 Å². The van der Waals surface area contributed by atoms with Crippen LogP contribution in [0, 0.1) is 22.0 Å². The van der Waals surface area contributed by atoms with E-state index in [9.17, 15) is 4.79 Å². The topological polar surface area (TPSA) is 62.7 Å². The van der Waals surface area contributed by atoms with Crippen molar-refractivity contribution in [1.82, 2.24) is 20.1 Å². The van der Waals surface area contributed by atoms with Crippen LogP contribution in [0.1, 0.15) is 33.5 Å². The highest BCUT2D eigenvalue weighted by Crippen LogP contribution is 2.59. The van der Waals surface area contributed by atoms with Crippen molar-refractivity contribution in [3.8, 4) is 0 Å². The molecule has 1 aromatic rings. The van der Waals surface area contributed by atoms with Gasteiger partial charge in [0.05, 0.1) is 12.5 Å². The van der Waals surface area contributed by atoms with Crippen LogP contribution in [0.15, 0.2) is 11.6 Å². The summed E-state index contributed by atoms with van der Waals surface area (Å²) < 4.78 is 2.32. The van der Waals surface area contributed by atoms with E-state index in [1.165, 1.54) is 5.57 Å². The fourth-order valence-corrected chi connectivity index (χ4v) is 2.81. The zero-order valence-electron chi connectivity index (χ0n) is 12.7. The minimum Gasteiger partial charge on any atom is -0.349 e. The molecule has 2 rings (SSSR count). The molecule has 0 radical (unpaired) electrons. The maximum absolute atomic E-state index is 12.3. The van der Waals surface area contributed by atoms with Crippen LogP contribution in [-0.4, -0.2) is 20.7 Å². The zero-order valence-corrected chi connectivity index (χ0v) is 13.5. The quantitative estimate of drug-likeness (QED) is 0.662. The van der Waals surface area contributed by atoms with Crippen LogP contribution in [0.3, 0.4) is 0 Å². The predicted molar refractivity (Wildman–Crippen MR) is 80.4 cm³/mol. The molecule has 1 aliphatic rings. The Bertz CT molecular complexity index is 607. The second-order valence-electron chi connectivity index (χ2n) is 6.29. The van der Waals surface area contributed by atoms with Crippen molar-refractivity contribution in [2.24, 2.45) is 24.3 Å². The lowest BCUT2D eigenvalue weighted by Crippen LogP contribution is -2.27. The largest absolute Gasteiger partial charge is 0.349 e. The number of hydrogen-bond acceptors (Lipinski definition) is 3. The monoisotopic (exact) mass is 294 g/mol. The van der Waals surface area contributed by atoms with Crippen LogP contribution in [0.25, 0.3) is 0 Å². The average Bonchev–Trinajstić information content (AvgIpc) is 2.71. The van der Waals surface area contributed by atoms with Crippen LogP contribution in [0.2, 0.25) is 0 Å². The summed E-state index contributed by atoms with van der Waals surface area (Å²) in [6.45, 7) is 8.81. The summed E-state index contributed by atoms with van der Waals surface area (Å²) in [4.78, 5) is 12.3. The first-order chi connectivity index (χ1) is 9.25. The summed E-state index contributed by atoms with van der Waals surface area (Å²) in [5, 5.41) is 9.76. The molecule has 0 aliphatic heterocycles. The molecule has 1 saturated carbocycles. The number of nitrogens with zero attached hydrogens (tertiary/aromatic N) is 2. The molecule has 110 valence electrons. The third-order valence-electron chi connectivity index (χ3n) is 4.10. The molecule has 1 aromatic heterocycles. The maximum Gasteiger partial charge on any atom is 0.224 e. The lowest BCUT2D eigenvalue weighted by atomic mass is 10.1. The van der Waals surface area contributed by atoms with E-state index in [-0.39, 0.29) is 17.2 Å². The third-order valence-corrected chi connectivity index (χ3v) is 4.46. The van der Waals surface area contributed by atoms with E-state index >= 15 is 0 Å². The number of allylic oxidation sites excluding steroid dienone is 2. The number of aromatic nitrogens is 3. The van der Waals surface area contributed by atoms with E-state index in [2.05, 4.69) is 49.3 Å². The van der Waals surface area contributed by atoms with Crippen molar-refractivity contribution in [2.75, 3.05) is 0 Å². The molecule has 0 unspecified atom stereocenters. The molecule has 1 amide bonds. The molecular formula is C14H22N4OS. The number of aromatic amines is 1. The van der Waals surface area contributed by atoms with E-state index in [0.717, 1.165) is 5.82 Å². The maximum atomic E-state index is 12.3. The third kappa shape index (κ3) is 2.70. The Morgan fingerprint density at radius 3 is 2.70 bits per heavy atom. The van der Waals surface area contributed by atoms with Gasteiger partial charge in [0.2, 0.25) is 5.91 Å². The molecule has 5 nitrogen and oxygen atoms in total. The number of hydrogen-bond donors (Lipinski definition) is 2. The van der Waals surface area contributed by atoms with E-state index in [0.29, 0.717) is 17.2 Å². The van der Waals surface area contributed by atoms with Gasteiger partial charge in [-0.1, -0.05) is 25.5 Å². The van der Waals surface area contributed by atoms with Gasteiger partial charge in [-0.15, -0.1) is 0 Å². The van der Waals surface area contributed by atoms with Gasteiger partial charge in [-0.3, -0.25) is 9.89 Å². The summed E-state index contributed by atoms with van der Waals surface area (Å²) in [5.74, 6) is 1.20. The molecule has 2 N–H and O–H groups in total. The highest BCUT2D eigenvalue weighted by atomic mass is 32.1. The van der Waals surface area contributed by atoms with Gasteiger partial charge in [0.15, 0.2) is 10.6 Å². The predicted octanol–water partition coefficient (Wildman–Crippen LogP) is 2.33. The smallest absolute Gasteiger partial charge is 0.224 e. The van der Waals surface area contributed by atoms with E-state index < -0.39 is 0 Å². The Hall–Kier alpha value is -1.43. The lowest BCUT2D eigenvalue weighted by molar-refractivity contribution is -0.123.